The van der Waals surface area contributed by atoms with E-state index >= 15 is 0 Å². The van der Waals surface area contributed by atoms with Crippen molar-refractivity contribution in [2.24, 2.45) is 0 Å². The molecule has 0 saturated carbocycles. The van der Waals surface area contributed by atoms with E-state index in [0.717, 1.165) is 5.56 Å². The molecule has 0 heterocycles. The monoisotopic (exact) mass is 370 g/mol. The number of carbonyl (C=O) groups is 1. The molecule has 0 aromatic heterocycles. The Bertz CT molecular complexity index is 928. The van der Waals surface area contributed by atoms with Crippen molar-refractivity contribution in [3.8, 4) is 6.07 Å². The number of nitriles is 1. The Labute approximate surface area is 154 Å². The molecule has 2 aromatic rings. The van der Waals surface area contributed by atoms with Crippen LogP contribution in [0.5, 0.6) is 0 Å². The van der Waals surface area contributed by atoms with Crippen LogP contribution < -0.4 is 0 Å². The van der Waals surface area contributed by atoms with Gasteiger partial charge < -0.3 is 4.90 Å². The first-order valence-corrected chi connectivity index (χ1v) is 10.4. The van der Waals surface area contributed by atoms with E-state index in [1.165, 1.54) is 6.26 Å². The molecule has 1 amide bonds. The number of hydrogen-bond donors (Lipinski definition) is 0. The molecule has 0 spiro atoms. The fourth-order valence-corrected chi connectivity index (χ4v) is 3.66. The molecule has 2 rings (SSSR count). The van der Waals surface area contributed by atoms with Crippen molar-refractivity contribution in [3.05, 3.63) is 70.8 Å². The normalized spacial score (nSPS) is 12.2. The van der Waals surface area contributed by atoms with Crippen LogP contribution in [0.25, 0.3) is 0 Å². The Morgan fingerprint density at radius 3 is 2.38 bits per heavy atom. The van der Waals surface area contributed by atoms with Crippen LogP contribution in [0.2, 0.25) is 0 Å². The molecule has 0 aliphatic heterocycles. The minimum atomic E-state index is -3.16. The highest BCUT2D eigenvalue weighted by atomic mass is 32.2. The van der Waals surface area contributed by atoms with E-state index in [1.807, 2.05) is 26.0 Å². The molecule has 0 N–H and O–H groups in total. The molecule has 0 bridgehead atoms. The van der Waals surface area contributed by atoms with Crippen LogP contribution >= 0.6 is 0 Å². The van der Waals surface area contributed by atoms with Crippen LogP contribution in [-0.2, 0) is 15.6 Å². The summed E-state index contributed by atoms with van der Waals surface area (Å²) in [4.78, 5) is 14.7. The fourth-order valence-electron chi connectivity index (χ4n) is 2.87. The minimum Gasteiger partial charge on any atom is -0.332 e. The third-order valence-corrected chi connectivity index (χ3v) is 5.05. The molecule has 136 valence electrons. The Hall–Kier alpha value is -2.65. The second kappa shape index (κ2) is 8.15. The van der Waals surface area contributed by atoms with Gasteiger partial charge in [-0.1, -0.05) is 24.3 Å². The standard InChI is InChI=1S/C20H22N2O3S/c1-4-22(15(2)18-10-8-16(13-21)9-11-18)20(23)19-7-5-6-17(12-19)14-26(3,24)25/h5-12,15H,4,14H2,1-3H3/t15-/m1/s1. The molecule has 2 aromatic carbocycles. The first-order chi connectivity index (χ1) is 12.2. The maximum atomic E-state index is 13.0. The maximum absolute atomic E-state index is 13.0. The predicted molar refractivity (Wildman–Crippen MR) is 101 cm³/mol. The van der Waals surface area contributed by atoms with Crippen molar-refractivity contribution >= 4 is 15.7 Å². The molecule has 0 radical (unpaired) electrons. The quantitative estimate of drug-likeness (QED) is 0.781. The average molecular weight is 370 g/mol. The third kappa shape index (κ3) is 4.93. The van der Waals surface area contributed by atoms with Gasteiger partial charge in [0.25, 0.3) is 5.91 Å². The topological polar surface area (TPSA) is 78.2 Å². The average Bonchev–Trinajstić information content (AvgIpc) is 2.61. The summed E-state index contributed by atoms with van der Waals surface area (Å²) in [6, 6.07) is 15.8. The van der Waals surface area contributed by atoms with E-state index in [4.69, 9.17) is 5.26 Å². The molecular weight excluding hydrogens is 348 g/mol. The molecule has 0 aliphatic rings. The molecule has 0 unspecified atom stereocenters. The van der Waals surface area contributed by atoms with E-state index in [9.17, 15) is 13.2 Å². The fraction of sp³-hybridized carbons (Fsp3) is 0.300. The van der Waals surface area contributed by atoms with Crippen LogP contribution in [0.3, 0.4) is 0 Å². The number of hydrogen-bond acceptors (Lipinski definition) is 4. The number of benzene rings is 2. The molecule has 0 fully saturated rings. The van der Waals surface area contributed by atoms with Crippen molar-refractivity contribution in [1.29, 1.82) is 5.26 Å². The van der Waals surface area contributed by atoms with Gasteiger partial charge in [0, 0.05) is 18.4 Å². The van der Waals surface area contributed by atoms with Gasteiger partial charge in [0.15, 0.2) is 9.84 Å². The SMILES string of the molecule is CCN(C(=O)c1cccc(CS(C)(=O)=O)c1)[C@H](C)c1ccc(C#N)cc1. The molecular formula is C20H22N2O3S. The van der Waals surface area contributed by atoms with Gasteiger partial charge in [0.2, 0.25) is 0 Å². The van der Waals surface area contributed by atoms with Crippen molar-refractivity contribution in [2.45, 2.75) is 25.6 Å². The lowest BCUT2D eigenvalue weighted by molar-refractivity contribution is 0.0702. The number of carbonyl (C=O) groups excluding carboxylic acids is 1. The van der Waals surface area contributed by atoms with Crippen molar-refractivity contribution in [1.82, 2.24) is 4.90 Å². The summed E-state index contributed by atoms with van der Waals surface area (Å²) in [7, 11) is -3.16. The first kappa shape index (κ1) is 19.7. The second-order valence-corrected chi connectivity index (χ2v) is 8.41. The van der Waals surface area contributed by atoms with Crippen molar-refractivity contribution in [2.75, 3.05) is 12.8 Å². The zero-order valence-corrected chi connectivity index (χ0v) is 16.0. The highest BCUT2D eigenvalue weighted by Crippen LogP contribution is 2.23. The smallest absolute Gasteiger partial charge is 0.254 e. The molecule has 0 saturated heterocycles. The summed E-state index contributed by atoms with van der Waals surface area (Å²) in [6.07, 6.45) is 1.17. The van der Waals surface area contributed by atoms with Crippen LogP contribution in [-0.4, -0.2) is 32.0 Å². The highest BCUT2D eigenvalue weighted by Gasteiger charge is 2.21. The lowest BCUT2D eigenvalue weighted by Gasteiger charge is -2.28. The van der Waals surface area contributed by atoms with Crippen molar-refractivity contribution in [3.63, 3.8) is 0 Å². The van der Waals surface area contributed by atoms with E-state index in [2.05, 4.69) is 6.07 Å². The number of sulfone groups is 1. The zero-order chi connectivity index (χ0) is 19.3. The Kier molecular flexibility index (Phi) is 6.17. The highest BCUT2D eigenvalue weighted by molar-refractivity contribution is 7.89. The molecule has 1 atom stereocenters. The minimum absolute atomic E-state index is 0.0918. The largest absolute Gasteiger partial charge is 0.332 e. The first-order valence-electron chi connectivity index (χ1n) is 8.33. The molecule has 5 nitrogen and oxygen atoms in total. The lowest BCUT2D eigenvalue weighted by Crippen LogP contribution is -2.33. The summed E-state index contributed by atoms with van der Waals surface area (Å²) >= 11 is 0. The second-order valence-electron chi connectivity index (χ2n) is 6.27. The summed E-state index contributed by atoms with van der Waals surface area (Å²) < 4.78 is 23.0. The van der Waals surface area contributed by atoms with E-state index in [0.29, 0.717) is 23.2 Å². The number of amides is 1. The Balaban J connectivity index is 2.27. The van der Waals surface area contributed by atoms with Gasteiger partial charge in [0.1, 0.15) is 0 Å². The lowest BCUT2D eigenvalue weighted by atomic mass is 10.0. The molecule has 0 aliphatic carbocycles. The predicted octanol–water partition coefficient (Wildman–Crippen LogP) is 3.33. The van der Waals surface area contributed by atoms with Gasteiger partial charge in [-0.3, -0.25) is 4.79 Å². The van der Waals surface area contributed by atoms with Crippen LogP contribution in [0.15, 0.2) is 48.5 Å². The molecule has 6 heteroatoms. The van der Waals surface area contributed by atoms with Gasteiger partial charge in [-0.2, -0.15) is 5.26 Å². The summed E-state index contributed by atoms with van der Waals surface area (Å²) in [5.41, 5.74) is 2.57. The van der Waals surface area contributed by atoms with Gasteiger partial charge in [0.05, 0.1) is 23.4 Å². The van der Waals surface area contributed by atoms with Crippen LogP contribution in [0, 0.1) is 11.3 Å². The third-order valence-electron chi connectivity index (χ3n) is 4.19. The zero-order valence-electron chi connectivity index (χ0n) is 15.1. The van der Waals surface area contributed by atoms with Crippen molar-refractivity contribution < 1.29 is 13.2 Å². The van der Waals surface area contributed by atoms with E-state index in [1.54, 1.807) is 41.3 Å². The summed E-state index contributed by atoms with van der Waals surface area (Å²) in [5.74, 6) is -0.245. The summed E-state index contributed by atoms with van der Waals surface area (Å²) in [5, 5.41) is 8.91. The Morgan fingerprint density at radius 2 is 1.85 bits per heavy atom. The van der Waals surface area contributed by atoms with Gasteiger partial charge in [-0.15, -0.1) is 0 Å². The van der Waals surface area contributed by atoms with Gasteiger partial charge in [-0.05, 0) is 49.2 Å². The van der Waals surface area contributed by atoms with Gasteiger partial charge in [-0.25, -0.2) is 8.42 Å². The van der Waals surface area contributed by atoms with Crippen LogP contribution in [0.4, 0.5) is 0 Å². The molecule has 26 heavy (non-hydrogen) atoms. The Morgan fingerprint density at radius 1 is 1.19 bits per heavy atom. The number of nitrogens with zero attached hydrogens (tertiary/aromatic N) is 2. The van der Waals surface area contributed by atoms with E-state index in [-0.39, 0.29) is 17.7 Å². The maximum Gasteiger partial charge on any atom is 0.254 e. The van der Waals surface area contributed by atoms with E-state index < -0.39 is 9.84 Å². The number of rotatable bonds is 6. The summed E-state index contributed by atoms with van der Waals surface area (Å²) in [6.45, 7) is 4.35. The van der Waals surface area contributed by atoms with Crippen LogP contribution in [0.1, 0.15) is 46.9 Å². The van der Waals surface area contributed by atoms with Gasteiger partial charge >= 0.3 is 0 Å².